The molecule has 7 heteroatoms. The van der Waals surface area contributed by atoms with Gasteiger partial charge in [-0.25, -0.2) is 0 Å². The Morgan fingerprint density at radius 3 is 2.35 bits per heavy atom. The highest BCUT2D eigenvalue weighted by atomic mass is 16.2. The van der Waals surface area contributed by atoms with Crippen LogP contribution in [0.4, 0.5) is 11.4 Å². The number of nitrogens with two attached hydrogens (primary N) is 1. The molecule has 0 atom stereocenters. The average Bonchev–Trinajstić information content (AvgIpc) is 2.65. The number of benzene rings is 2. The maximum Gasteiger partial charge on any atom is 0.251 e. The summed E-state index contributed by atoms with van der Waals surface area (Å²) in [6, 6.07) is 13.3. The van der Waals surface area contributed by atoms with Crippen molar-refractivity contribution in [2.75, 3.05) is 23.7 Å². The second kappa shape index (κ2) is 9.22. The second-order valence-electron chi connectivity index (χ2n) is 5.68. The van der Waals surface area contributed by atoms with Crippen molar-refractivity contribution in [1.29, 1.82) is 0 Å². The molecule has 0 saturated heterocycles. The Morgan fingerprint density at radius 2 is 1.69 bits per heavy atom. The van der Waals surface area contributed by atoms with E-state index in [0.29, 0.717) is 29.0 Å². The molecule has 3 amide bonds. The van der Waals surface area contributed by atoms with Crippen LogP contribution in [0.25, 0.3) is 0 Å². The number of hydrogen-bond acceptors (Lipinski definition) is 4. The lowest BCUT2D eigenvalue weighted by Gasteiger charge is -2.09. The smallest absolute Gasteiger partial charge is 0.251 e. The summed E-state index contributed by atoms with van der Waals surface area (Å²) >= 11 is 0. The van der Waals surface area contributed by atoms with Gasteiger partial charge in [0.25, 0.3) is 5.91 Å². The second-order valence-corrected chi connectivity index (χ2v) is 5.68. The number of rotatable bonds is 8. The van der Waals surface area contributed by atoms with Crippen molar-refractivity contribution < 1.29 is 14.4 Å². The first-order valence-corrected chi connectivity index (χ1v) is 8.31. The largest absolute Gasteiger partial charge is 0.376 e. The van der Waals surface area contributed by atoms with Crippen LogP contribution in [0.5, 0.6) is 0 Å². The summed E-state index contributed by atoms with van der Waals surface area (Å²) < 4.78 is 0. The highest BCUT2D eigenvalue weighted by Crippen LogP contribution is 2.11. The molecule has 0 bridgehead atoms. The van der Waals surface area contributed by atoms with Crippen molar-refractivity contribution in [2.24, 2.45) is 5.73 Å². The molecule has 0 aromatic heterocycles. The minimum atomic E-state index is -0.527. The molecule has 2 aromatic carbocycles. The summed E-state index contributed by atoms with van der Waals surface area (Å²) in [5.41, 5.74) is 7.35. The quantitative estimate of drug-likeness (QED) is 0.580. The van der Waals surface area contributed by atoms with Gasteiger partial charge in [-0.05, 0) is 48.9 Å². The van der Waals surface area contributed by atoms with Crippen LogP contribution < -0.4 is 21.7 Å². The maximum atomic E-state index is 12.0. The van der Waals surface area contributed by atoms with Crippen molar-refractivity contribution in [1.82, 2.24) is 5.32 Å². The summed E-state index contributed by atoms with van der Waals surface area (Å²) in [6.07, 6.45) is 0.870. The lowest BCUT2D eigenvalue weighted by atomic mass is 10.2. The van der Waals surface area contributed by atoms with E-state index in [2.05, 4.69) is 16.0 Å². The molecule has 2 aromatic rings. The molecule has 2 rings (SSSR count). The molecule has 0 aliphatic carbocycles. The lowest BCUT2D eigenvalue weighted by Crippen LogP contribution is -2.24. The van der Waals surface area contributed by atoms with Crippen LogP contribution in [0.1, 0.15) is 34.1 Å². The first-order chi connectivity index (χ1) is 12.5. The molecule has 0 aliphatic heterocycles. The molecule has 26 heavy (non-hydrogen) atoms. The van der Waals surface area contributed by atoms with Crippen molar-refractivity contribution in [3.8, 4) is 0 Å². The molecule has 0 saturated carbocycles. The zero-order valence-corrected chi connectivity index (χ0v) is 14.5. The molecule has 0 fully saturated rings. The fourth-order valence-electron chi connectivity index (χ4n) is 2.22. The monoisotopic (exact) mass is 354 g/mol. The molecule has 136 valence electrons. The normalized spacial score (nSPS) is 10.0. The molecule has 0 heterocycles. The van der Waals surface area contributed by atoms with Gasteiger partial charge in [0.1, 0.15) is 0 Å². The van der Waals surface area contributed by atoms with Gasteiger partial charge in [-0.15, -0.1) is 0 Å². The van der Waals surface area contributed by atoms with Crippen LogP contribution in [0.2, 0.25) is 0 Å². The summed E-state index contributed by atoms with van der Waals surface area (Å²) in [5.74, 6) is -0.917. The van der Waals surface area contributed by atoms with Crippen LogP contribution in [0.3, 0.4) is 0 Å². The van der Waals surface area contributed by atoms with E-state index in [9.17, 15) is 14.4 Å². The lowest BCUT2D eigenvalue weighted by molar-refractivity contribution is -0.114. The highest BCUT2D eigenvalue weighted by molar-refractivity contribution is 5.97. The third-order valence-corrected chi connectivity index (χ3v) is 3.57. The van der Waals surface area contributed by atoms with Gasteiger partial charge in [-0.3, -0.25) is 14.4 Å². The Morgan fingerprint density at radius 1 is 0.962 bits per heavy atom. The third-order valence-electron chi connectivity index (χ3n) is 3.57. The number of amides is 3. The van der Waals surface area contributed by atoms with Gasteiger partial charge in [-0.1, -0.05) is 13.0 Å². The van der Waals surface area contributed by atoms with Crippen LogP contribution in [-0.4, -0.2) is 30.8 Å². The molecule has 0 spiro atoms. The number of nitrogens with one attached hydrogen (secondary N) is 3. The Hall–Kier alpha value is -3.35. The maximum absolute atomic E-state index is 12.0. The Labute approximate surface area is 152 Å². The van der Waals surface area contributed by atoms with Gasteiger partial charge in [-0.2, -0.15) is 0 Å². The topological polar surface area (TPSA) is 113 Å². The van der Waals surface area contributed by atoms with Crippen LogP contribution in [0, 0.1) is 0 Å². The number of primary amides is 1. The van der Waals surface area contributed by atoms with E-state index in [1.807, 2.05) is 6.92 Å². The van der Waals surface area contributed by atoms with Gasteiger partial charge >= 0.3 is 0 Å². The predicted molar refractivity (Wildman–Crippen MR) is 101 cm³/mol. The number of carbonyl (C=O) groups is 3. The Bertz CT molecular complexity index is 788. The van der Waals surface area contributed by atoms with E-state index in [-0.39, 0.29) is 18.4 Å². The summed E-state index contributed by atoms with van der Waals surface area (Å²) in [4.78, 5) is 35.0. The first-order valence-electron chi connectivity index (χ1n) is 8.31. The van der Waals surface area contributed by atoms with Crippen LogP contribution >= 0.6 is 0 Å². The van der Waals surface area contributed by atoms with E-state index in [1.165, 1.54) is 0 Å². The number of hydrogen-bond donors (Lipinski definition) is 4. The Balaban J connectivity index is 1.87. The molecular weight excluding hydrogens is 332 g/mol. The SMILES string of the molecule is CCCNC(=O)c1ccc(NC(=O)CNc2cccc(C(N)=O)c2)cc1. The third kappa shape index (κ3) is 5.62. The molecule has 0 radical (unpaired) electrons. The van der Waals surface area contributed by atoms with E-state index in [4.69, 9.17) is 5.73 Å². The molecule has 7 nitrogen and oxygen atoms in total. The summed E-state index contributed by atoms with van der Waals surface area (Å²) in [6.45, 7) is 2.64. The Kier molecular flexibility index (Phi) is 6.73. The van der Waals surface area contributed by atoms with E-state index >= 15 is 0 Å². The van der Waals surface area contributed by atoms with Crippen LogP contribution in [0.15, 0.2) is 48.5 Å². The zero-order chi connectivity index (χ0) is 18.9. The minimum Gasteiger partial charge on any atom is -0.376 e. The van der Waals surface area contributed by atoms with Gasteiger partial charge in [0.15, 0.2) is 0 Å². The molecular formula is C19H22N4O3. The van der Waals surface area contributed by atoms with Crippen molar-refractivity contribution >= 4 is 29.1 Å². The van der Waals surface area contributed by atoms with E-state index in [0.717, 1.165) is 6.42 Å². The average molecular weight is 354 g/mol. The van der Waals surface area contributed by atoms with E-state index < -0.39 is 5.91 Å². The minimum absolute atomic E-state index is 0.0287. The predicted octanol–water partition coefficient (Wildman–Crippen LogP) is 1.98. The summed E-state index contributed by atoms with van der Waals surface area (Å²) in [7, 11) is 0. The van der Waals surface area contributed by atoms with Gasteiger partial charge < -0.3 is 21.7 Å². The highest BCUT2D eigenvalue weighted by Gasteiger charge is 2.07. The molecule has 0 aliphatic rings. The molecule has 5 N–H and O–H groups in total. The van der Waals surface area contributed by atoms with Gasteiger partial charge in [0, 0.05) is 29.0 Å². The molecule has 0 unspecified atom stereocenters. The number of carbonyl (C=O) groups excluding carboxylic acids is 3. The summed E-state index contributed by atoms with van der Waals surface area (Å²) in [5, 5.41) is 8.45. The zero-order valence-electron chi connectivity index (χ0n) is 14.5. The fourth-order valence-corrected chi connectivity index (χ4v) is 2.22. The van der Waals surface area contributed by atoms with Gasteiger partial charge in [0.2, 0.25) is 11.8 Å². The van der Waals surface area contributed by atoms with Crippen molar-refractivity contribution in [3.05, 3.63) is 59.7 Å². The van der Waals surface area contributed by atoms with Gasteiger partial charge in [0.05, 0.1) is 6.54 Å². The van der Waals surface area contributed by atoms with Crippen molar-refractivity contribution in [3.63, 3.8) is 0 Å². The number of anilines is 2. The van der Waals surface area contributed by atoms with Crippen LogP contribution in [-0.2, 0) is 4.79 Å². The van der Waals surface area contributed by atoms with E-state index in [1.54, 1.807) is 48.5 Å². The first kappa shape index (κ1) is 19.0. The van der Waals surface area contributed by atoms with Crippen molar-refractivity contribution in [2.45, 2.75) is 13.3 Å². The fraction of sp³-hybridized carbons (Fsp3) is 0.211. The standard InChI is InChI=1S/C19H22N4O3/c1-2-10-21-19(26)13-6-8-15(9-7-13)23-17(24)12-22-16-5-3-4-14(11-16)18(20)25/h3-9,11,22H,2,10,12H2,1H3,(H2,20,25)(H,21,26)(H,23,24).